The van der Waals surface area contributed by atoms with Crippen LogP contribution in [0.5, 0.6) is 0 Å². The number of nitrogens with zero attached hydrogens (tertiary/aromatic N) is 2. The normalized spacial score (nSPS) is 10.3. The molecule has 0 aromatic carbocycles. The summed E-state index contributed by atoms with van der Waals surface area (Å²) in [4.78, 5) is 22.7. The third kappa shape index (κ3) is 7.11. The molecule has 1 aromatic heterocycles. The second kappa shape index (κ2) is 10.0. The van der Waals surface area contributed by atoms with E-state index in [-0.39, 0.29) is 24.1 Å². The van der Waals surface area contributed by atoms with Crippen LogP contribution in [0.3, 0.4) is 0 Å². The van der Waals surface area contributed by atoms with Gasteiger partial charge in [-0.15, -0.1) is 10.2 Å². The molecule has 2 N–H and O–H groups in total. The molecule has 1 aromatic rings. The van der Waals surface area contributed by atoms with Crippen LogP contribution >= 0.6 is 34.9 Å². The molecular formula is C11H18N4O2S3. The predicted molar refractivity (Wildman–Crippen MR) is 83.3 cm³/mol. The van der Waals surface area contributed by atoms with Crippen LogP contribution in [0.25, 0.3) is 0 Å². The van der Waals surface area contributed by atoms with Crippen LogP contribution in [0.2, 0.25) is 0 Å². The van der Waals surface area contributed by atoms with Gasteiger partial charge in [-0.25, -0.2) is 0 Å². The van der Waals surface area contributed by atoms with E-state index in [0.29, 0.717) is 6.54 Å². The minimum absolute atomic E-state index is 0.0148. The molecule has 0 unspecified atom stereocenters. The van der Waals surface area contributed by atoms with Crippen LogP contribution < -0.4 is 10.6 Å². The topological polar surface area (TPSA) is 84.0 Å². The molecule has 20 heavy (non-hydrogen) atoms. The van der Waals surface area contributed by atoms with Crippen molar-refractivity contribution in [3.05, 3.63) is 0 Å². The molecule has 2 amide bonds. The van der Waals surface area contributed by atoms with Crippen molar-refractivity contribution in [1.29, 1.82) is 0 Å². The summed E-state index contributed by atoms with van der Waals surface area (Å²) in [7, 11) is 0. The molecule has 0 bridgehead atoms. The zero-order valence-electron chi connectivity index (χ0n) is 11.5. The SMILES string of the molecule is CCCSc1nnc(SCC(=O)NCC(=O)NCC)s1. The summed E-state index contributed by atoms with van der Waals surface area (Å²) in [5.41, 5.74) is 0. The van der Waals surface area contributed by atoms with Crippen LogP contribution in [0.4, 0.5) is 0 Å². The number of aromatic nitrogens is 2. The average molecular weight is 334 g/mol. The van der Waals surface area contributed by atoms with Crippen LogP contribution in [-0.4, -0.2) is 46.6 Å². The maximum absolute atomic E-state index is 11.5. The third-order valence-electron chi connectivity index (χ3n) is 1.96. The molecule has 1 heterocycles. The van der Waals surface area contributed by atoms with Crippen molar-refractivity contribution in [3.63, 3.8) is 0 Å². The zero-order chi connectivity index (χ0) is 14.8. The summed E-state index contributed by atoms with van der Waals surface area (Å²) in [5, 5.41) is 13.2. The molecule has 0 fully saturated rings. The van der Waals surface area contributed by atoms with Crippen molar-refractivity contribution in [2.45, 2.75) is 28.9 Å². The van der Waals surface area contributed by atoms with Gasteiger partial charge >= 0.3 is 0 Å². The third-order valence-corrected chi connectivity index (χ3v) is 5.36. The lowest BCUT2D eigenvalue weighted by Gasteiger charge is -2.03. The van der Waals surface area contributed by atoms with Gasteiger partial charge in [-0.05, 0) is 13.3 Å². The highest BCUT2D eigenvalue weighted by atomic mass is 32.2. The van der Waals surface area contributed by atoms with Gasteiger partial charge in [-0.2, -0.15) is 0 Å². The highest BCUT2D eigenvalue weighted by Crippen LogP contribution is 2.28. The van der Waals surface area contributed by atoms with Gasteiger partial charge in [0.2, 0.25) is 11.8 Å². The highest BCUT2D eigenvalue weighted by Gasteiger charge is 2.09. The number of likely N-dealkylation sites (N-methyl/N-ethyl adjacent to an activating group) is 1. The maximum Gasteiger partial charge on any atom is 0.239 e. The summed E-state index contributed by atoms with van der Waals surface area (Å²) < 4.78 is 1.70. The van der Waals surface area contributed by atoms with E-state index in [4.69, 9.17) is 0 Å². The van der Waals surface area contributed by atoms with E-state index in [1.807, 2.05) is 6.92 Å². The minimum atomic E-state index is -0.181. The van der Waals surface area contributed by atoms with Crippen molar-refractivity contribution >= 4 is 46.7 Å². The van der Waals surface area contributed by atoms with Gasteiger partial charge in [0.15, 0.2) is 8.68 Å². The molecule has 0 saturated heterocycles. The van der Waals surface area contributed by atoms with Crippen molar-refractivity contribution < 1.29 is 9.59 Å². The Bertz CT molecular complexity index is 439. The Kier molecular flexibility index (Phi) is 8.63. The number of hydrogen-bond acceptors (Lipinski definition) is 7. The minimum Gasteiger partial charge on any atom is -0.355 e. The maximum atomic E-state index is 11.5. The second-order valence-electron chi connectivity index (χ2n) is 3.70. The van der Waals surface area contributed by atoms with Gasteiger partial charge in [0.05, 0.1) is 12.3 Å². The summed E-state index contributed by atoms with van der Waals surface area (Å²) in [6, 6.07) is 0. The smallest absolute Gasteiger partial charge is 0.239 e. The number of rotatable bonds is 9. The molecule has 0 atom stereocenters. The lowest BCUT2D eigenvalue weighted by atomic mass is 10.5. The Balaban J connectivity index is 2.23. The van der Waals surface area contributed by atoms with Gasteiger partial charge in [0, 0.05) is 12.3 Å². The second-order valence-corrected chi connectivity index (χ2v) is 7.24. The molecule has 1 rings (SSSR count). The molecule has 0 aliphatic heterocycles. The molecule has 9 heteroatoms. The fraction of sp³-hybridized carbons (Fsp3) is 0.636. The standard InChI is InChI=1S/C11H18N4O2S3/c1-3-5-18-10-14-15-11(20-10)19-7-9(17)13-6-8(16)12-4-2/h3-7H2,1-2H3,(H,12,16)(H,13,17). The van der Waals surface area contributed by atoms with Gasteiger partial charge in [-0.3, -0.25) is 9.59 Å². The van der Waals surface area contributed by atoms with Crippen LogP contribution in [0, 0.1) is 0 Å². The van der Waals surface area contributed by atoms with Crippen molar-refractivity contribution in [2.75, 3.05) is 24.6 Å². The van der Waals surface area contributed by atoms with Crippen LogP contribution in [-0.2, 0) is 9.59 Å². The van der Waals surface area contributed by atoms with Gasteiger partial charge in [0.25, 0.3) is 0 Å². The molecule has 0 aliphatic rings. The molecule has 0 aliphatic carbocycles. The quantitative estimate of drug-likeness (QED) is 0.664. The summed E-state index contributed by atoms with van der Waals surface area (Å²) in [6.07, 6.45) is 1.09. The number of amides is 2. The van der Waals surface area contributed by atoms with Gasteiger partial charge < -0.3 is 10.6 Å². The van der Waals surface area contributed by atoms with E-state index >= 15 is 0 Å². The summed E-state index contributed by atoms with van der Waals surface area (Å²) >= 11 is 4.50. The lowest BCUT2D eigenvalue weighted by Crippen LogP contribution is -2.37. The number of carbonyl (C=O) groups excluding carboxylic acids is 2. The molecule has 0 radical (unpaired) electrons. The summed E-state index contributed by atoms with van der Waals surface area (Å²) in [5.74, 6) is 0.901. The number of thioether (sulfide) groups is 2. The van der Waals surface area contributed by atoms with Gasteiger partial charge in [-0.1, -0.05) is 41.8 Å². The Morgan fingerprint density at radius 1 is 1.10 bits per heavy atom. The lowest BCUT2D eigenvalue weighted by molar-refractivity contribution is -0.124. The Morgan fingerprint density at radius 3 is 2.45 bits per heavy atom. The fourth-order valence-corrected chi connectivity index (χ4v) is 3.90. The number of carbonyl (C=O) groups is 2. The highest BCUT2D eigenvalue weighted by molar-refractivity contribution is 8.03. The summed E-state index contributed by atoms with van der Waals surface area (Å²) in [6.45, 7) is 4.52. The zero-order valence-corrected chi connectivity index (χ0v) is 13.9. The van der Waals surface area contributed by atoms with Crippen molar-refractivity contribution in [2.24, 2.45) is 0 Å². The van der Waals surface area contributed by atoms with E-state index in [2.05, 4.69) is 27.8 Å². The van der Waals surface area contributed by atoms with E-state index < -0.39 is 0 Å². The molecular weight excluding hydrogens is 316 g/mol. The van der Waals surface area contributed by atoms with E-state index in [9.17, 15) is 9.59 Å². The first-order valence-electron chi connectivity index (χ1n) is 6.28. The predicted octanol–water partition coefficient (Wildman–Crippen LogP) is 1.38. The first-order chi connectivity index (χ1) is 9.65. The Hall–Kier alpha value is -0.800. The number of nitrogens with one attached hydrogen (secondary N) is 2. The first kappa shape index (κ1) is 17.3. The van der Waals surface area contributed by atoms with E-state index in [1.165, 1.54) is 23.1 Å². The molecule has 112 valence electrons. The Labute approximate surface area is 130 Å². The Morgan fingerprint density at radius 2 is 1.80 bits per heavy atom. The first-order valence-corrected chi connectivity index (χ1v) is 9.07. The van der Waals surface area contributed by atoms with Crippen LogP contribution in [0.1, 0.15) is 20.3 Å². The average Bonchev–Trinajstić information content (AvgIpc) is 2.89. The fourth-order valence-electron chi connectivity index (χ4n) is 1.12. The van der Waals surface area contributed by atoms with E-state index in [0.717, 1.165) is 20.9 Å². The largest absolute Gasteiger partial charge is 0.355 e. The monoisotopic (exact) mass is 334 g/mol. The van der Waals surface area contributed by atoms with E-state index in [1.54, 1.807) is 11.8 Å². The van der Waals surface area contributed by atoms with Crippen molar-refractivity contribution in [3.8, 4) is 0 Å². The van der Waals surface area contributed by atoms with Crippen molar-refractivity contribution in [1.82, 2.24) is 20.8 Å². The van der Waals surface area contributed by atoms with Crippen LogP contribution in [0.15, 0.2) is 8.68 Å². The molecule has 6 nitrogen and oxygen atoms in total. The van der Waals surface area contributed by atoms with Gasteiger partial charge in [0.1, 0.15) is 0 Å². The number of hydrogen-bond donors (Lipinski definition) is 2. The molecule has 0 spiro atoms. The molecule has 0 saturated carbocycles.